The van der Waals surface area contributed by atoms with Gasteiger partial charge in [-0.2, -0.15) is 0 Å². The van der Waals surface area contributed by atoms with Crippen molar-refractivity contribution in [2.75, 3.05) is 20.8 Å². The van der Waals surface area contributed by atoms with Crippen LogP contribution in [-0.2, 0) is 24.6 Å². The number of hydrogen-bond donors (Lipinski definition) is 1. The zero-order valence-electron chi connectivity index (χ0n) is 14.1. The highest BCUT2D eigenvalue weighted by molar-refractivity contribution is 6.04. The van der Waals surface area contributed by atoms with E-state index in [4.69, 9.17) is 9.47 Å². The molecule has 128 valence electrons. The molecule has 1 heterocycles. The molecule has 0 bridgehead atoms. The van der Waals surface area contributed by atoms with Crippen molar-refractivity contribution < 1.29 is 19.1 Å². The highest BCUT2D eigenvalue weighted by Crippen LogP contribution is 2.42. The van der Waals surface area contributed by atoms with Gasteiger partial charge in [0.1, 0.15) is 5.54 Å². The molecule has 2 aromatic rings. The van der Waals surface area contributed by atoms with Crippen LogP contribution < -0.4 is 5.32 Å². The summed E-state index contributed by atoms with van der Waals surface area (Å²) < 4.78 is 9.89. The van der Waals surface area contributed by atoms with Gasteiger partial charge in [0.15, 0.2) is 0 Å². The van der Waals surface area contributed by atoms with Crippen LogP contribution >= 0.6 is 0 Å². The molecule has 0 fully saturated rings. The Labute approximate surface area is 146 Å². The molecule has 0 aromatic heterocycles. The Bertz CT molecular complexity index is 773. The Hall–Kier alpha value is -2.92. The van der Waals surface area contributed by atoms with Crippen LogP contribution in [0.25, 0.3) is 0 Å². The fourth-order valence-corrected chi connectivity index (χ4v) is 3.34. The first-order chi connectivity index (χ1) is 12.1. The summed E-state index contributed by atoms with van der Waals surface area (Å²) in [6.07, 6.45) is 0. The predicted octanol–water partition coefficient (Wildman–Crippen LogP) is 2.18. The zero-order valence-corrected chi connectivity index (χ0v) is 14.1. The van der Waals surface area contributed by atoms with Crippen molar-refractivity contribution in [2.45, 2.75) is 5.54 Å². The monoisotopic (exact) mass is 337 g/mol. The van der Waals surface area contributed by atoms with Crippen LogP contribution in [0.1, 0.15) is 11.1 Å². The Balaban J connectivity index is 2.33. The van der Waals surface area contributed by atoms with Crippen LogP contribution in [0.15, 0.2) is 71.8 Å². The average molecular weight is 337 g/mol. The SMILES string of the molecule is COC(=O)C1=C(C(=O)OC)C(c2ccccc2)(c2ccccc2)NC1. The Morgan fingerprint density at radius 3 is 1.76 bits per heavy atom. The van der Waals surface area contributed by atoms with Crippen molar-refractivity contribution in [3.8, 4) is 0 Å². The number of benzene rings is 2. The summed E-state index contributed by atoms with van der Waals surface area (Å²) in [5.41, 5.74) is 1.27. The molecule has 1 aliphatic heterocycles. The third kappa shape index (κ3) is 2.72. The van der Waals surface area contributed by atoms with Gasteiger partial charge in [-0.15, -0.1) is 0 Å². The molecular weight excluding hydrogens is 318 g/mol. The quantitative estimate of drug-likeness (QED) is 0.867. The van der Waals surface area contributed by atoms with E-state index in [9.17, 15) is 9.59 Å². The second kappa shape index (κ2) is 6.91. The lowest BCUT2D eigenvalue weighted by molar-refractivity contribution is -0.139. The first-order valence-electron chi connectivity index (χ1n) is 7.91. The average Bonchev–Trinajstić information content (AvgIpc) is 3.09. The molecule has 0 spiro atoms. The maximum absolute atomic E-state index is 12.7. The highest BCUT2D eigenvalue weighted by Gasteiger charge is 2.49. The minimum absolute atomic E-state index is 0.209. The normalized spacial score (nSPS) is 15.8. The van der Waals surface area contributed by atoms with E-state index >= 15 is 0 Å². The van der Waals surface area contributed by atoms with Gasteiger partial charge in [0.05, 0.1) is 25.4 Å². The van der Waals surface area contributed by atoms with Gasteiger partial charge in [0.2, 0.25) is 0 Å². The molecule has 5 nitrogen and oxygen atoms in total. The van der Waals surface area contributed by atoms with Gasteiger partial charge in [0, 0.05) is 6.54 Å². The minimum Gasteiger partial charge on any atom is -0.466 e. The van der Waals surface area contributed by atoms with Crippen LogP contribution in [0.2, 0.25) is 0 Å². The number of hydrogen-bond acceptors (Lipinski definition) is 5. The third-order valence-corrected chi connectivity index (χ3v) is 4.44. The lowest BCUT2D eigenvalue weighted by Gasteiger charge is -2.33. The van der Waals surface area contributed by atoms with E-state index in [-0.39, 0.29) is 17.7 Å². The molecule has 25 heavy (non-hydrogen) atoms. The molecule has 2 aromatic carbocycles. The van der Waals surface area contributed by atoms with E-state index in [0.717, 1.165) is 11.1 Å². The molecule has 3 rings (SSSR count). The summed E-state index contributed by atoms with van der Waals surface area (Å²) in [5.74, 6) is -1.10. The summed E-state index contributed by atoms with van der Waals surface area (Å²) in [5, 5.41) is 3.36. The largest absolute Gasteiger partial charge is 0.466 e. The van der Waals surface area contributed by atoms with Gasteiger partial charge in [0.25, 0.3) is 0 Å². The second-order valence-electron chi connectivity index (χ2n) is 5.67. The summed E-state index contributed by atoms with van der Waals surface area (Å²) in [7, 11) is 2.61. The summed E-state index contributed by atoms with van der Waals surface area (Å²) in [6, 6.07) is 19.1. The van der Waals surface area contributed by atoms with Gasteiger partial charge >= 0.3 is 11.9 Å². The lowest BCUT2D eigenvalue weighted by atomic mass is 9.77. The number of ether oxygens (including phenoxy) is 2. The van der Waals surface area contributed by atoms with Crippen LogP contribution in [0.3, 0.4) is 0 Å². The van der Waals surface area contributed by atoms with E-state index in [1.165, 1.54) is 14.2 Å². The van der Waals surface area contributed by atoms with Gasteiger partial charge in [-0.05, 0) is 11.1 Å². The zero-order chi connectivity index (χ0) is 17.9. The fourth-order valence-electron chi connectivity index (χ4n) is 3.34. The first kappa shape index (κ1) is 16.9. The van der Waals surface area contributed by atoms with Crippen molar-refractivity contribution in [2.24, 2.45) is 0 Å². The molecule has 0 aliphatic carbocycles. The molecule has 0 unspecified atom stereocenters. The van der Waals surface area contributed by atoms with Crippen molar-refractivity contribution in [1.82, 2.24) is 5.32 Å². The van der Waals surface area contributed by atoms with Crippen molar-refractivity contribution in [1.29, 1.82) is 0 Å². The molecule has 0 saturated carbocycles. The van der Waals surface area contributed by atoms with Crippen molar-refractivity contribution in [3.63, 3.8) is 0 Å². The van der Waals surface area contributed by atoms with Crippen LogP contribution in [-0.4, -0.2) is 32.7 Å². The lowest BCUT2D eigenvalue weighted by Crippen LogP contribution is -2.43. The standard InChI is InChI=1S/C20H19NO4/c1-24-18(22)16-13-21-20(17(16)19(23)25-2,14-9-5-3-6-10-14)15-11-7-4-8-12-15/h3-12,21H,13H2,1-2H3. The maximum Gasteiger partial charge on any atom is 0.336 e. The summed E-state index contributed by atoms with van der Waals surface area (Å²) in [4.78, 5) is 24.9. The maximum atomic E-state index is 12.7. The Kier molecular flexibility index (Phi) is 4.67. The molecule has 1 aliphatic rings. The predicted molar refractivity (Wildman–Crippen MR) is 92.7 cm³/mol. The van der Waals surface area contributed by atoms with E-state index < -0.39 is 17.5 Å². The van der Waals surface area contributed by atoms with Crippen LogP contribution in [0, 0.1) is 0 Å². The number of carbonyl (C=O) groups is 2. The smallest absolute Gasteiger partial charge is 0.336 e. The van der Waals surface area contributed by atoms with Gasteiger partial charge < -0.3 is 9.47 Å². The Morgan fingerprint density at radius 2 is 1.32 bits per heavy atom. The van der Waals surface area contributed by atoms with Crippen molar-refractivity contribution in [3.05, 3.63) is 82.9 Å². The van der Waals surface area contributed by atoms with Gasteiger partial charge in [-0.25, -0.2) is 9.59 Å². The molecule has 0 saturated heterocycles. The van der Waals surface area contributed by atoms with Gasteiger partial charge in [-0.1, -0.05) is 60.7 Å². The van der Waals surface area contributed by atoms with E-state index in [1.807, 2.05) is 60.7 Å². The number of nitrogens with one attached hydrogen (secondary N) is 1. The topological polar surface area (TPSA) is 64.6 Å². The molecule has 0 atom stereocenters. The molecule has 1 N–H and O–H groups in total. The van der Waals surface area contributed by atoms with E-state index in [2.05, 4.69) is 5.32 Å². The Morgan fingerprint density at radius 1 is 0.840 bits per heavy atom. The highest BCUT2D eigenvalue weighted by atomic mass is 16.5. The molecule has 5 heteroatoms. The molecule has 0 radical (unpaired) electrons. The summed E-state index contributed by atoms with van der Waals surface area (Å²) >= 11 is 0. The van der Waals surface area contributed by atoms with Crippen LogP contribution in [0.5, 0.6) is 0 Å². The fraction of sp³-hybridized carbons (Fsp3) is 0.200. The number of methoxy groups -OCH3 is 2. The second-order valence-corrected chi connectivity index (χ2v) is 5.67. The third-order valence-electron chi connectivity index (χ3n) is 4.44. The first-order valence-corrected chi connectivity index (χ1v) is 7.91. The number of carbonyl (C=O) groups excluding carboxylic acids is 2. The minimum atomic E-state index is -0.973. The number of esters is 2. The van der Waals surface area contributed by atoms with E-state index in [1.54, 1.807) is 0 Å². The van der Waals surface area contributed by atoms with Crippen molar-refractivity contribution >= 4 is 11.9 Å². The molecular formula is C20H19NO4. The van der Waals surface area contributed by atoms with Crippen LogP contribution in [0.4, 0.5) is 0 Å². The van der Waals surface area contributed by atoms with E-state index in [0.29, 0.717) is 0 Å². The van der Waals surface area contributed by atoms with Gasteiger partial charge in [-0.3, -0.25) is 5.32 Å². The number of rotatable bonds is 4. The molecule has 0 amide bonds. The summed E-state index contributed by atoms with van der Waals surface area (Å²) in [6.45, 7) is 0.209.